The van der Waals surface area contributed by atoms with E-state index in [1.165, 1.54) is 20.3 Å². The van der Waals surface area contributed by atoms with Crippen molar-refractivity contribution in [2.24, 2.45) is 0 Å². The summed E-state index contributed by atoms with van der Waals surface area (Å²) in [5, 5.41) is 3.34. The van der Waals surface area contributed by atoms with E-state index in [0.717, 1.165) is 11.4 Å². The van der Waals surface area contributed by atoms with Crippen LogP contribution in [0, 0.1) is 0 Å². The molecule has 1 aromatic rings. The van der Waals surface area contributed by atoms with Gasteiger partial charge in [0.05, 0.1) is 31.2 Å². The van der Waals surface area contributed by atoms with Gasteiger partial charge in [0.25, 0.3) is 0 Å². The van der Waals surface area contributed by atoms with E-state index >= 15 is 0 Å². The van der Waals surface area contributed by atoms with Crippen molar-refractivity contribution >= 4 is 23.3 Å². The standard InChI is InChI=1S/C19H22N2O4/c1-13(2)20-15-10-5-6-11-16(15)21-12-8-7-9-14(18(22)24-3)17(21)19(23)25-4/h5-13,20H,1-4H3. The third-order valence-corrected chi connectivity index (χ3v) is 3.50. The van der Waals surface area contributed by atoms with E-state index in [2.05, 4.69) is 5.32 Å². The third kappa shape index (κ3) is 4.09. The van der Waals surface area contributed by atoms with Gasteiger partial charge in [-0.25, -0.2) is 9.59 Å². The maximum atomic E-state index is 12.4. The highest BCUT2D eigenvalue weighted by molar-refractivity contribution is 6.06. The molecule has 0 spiro atoms. The number of esters is 2. The van der Waals surface area contributed by atoms with Crippen LogP contribution < -0.4 is 10.2 Å². The van der Waals surface area contributed by atoms with Gasteiger partial charge in [-0.2, -0.15) is 0 Å². The fourth-order valence-corrected chi connectivity index (χ4v) is 2.47. The molecule has 0 saturated carbocycles. The Morgan fingerprint density at radius 3 is 2.36 bits per heavy atom. The smallest absolute Gasteiger partial charge is 0.355 e. The first-order valence-corrected chi connectivity index (χ1v) is 7.90. The summed E-state index contributed by atoms with van der Waals surface area (Å²) in [6.07, 6.45) is 6.66. The van der Waals surface area contributed by atoms with Crippen molar-refractivity contribution < 1.29 is 19.1 Å². The lowest BCUT2D eigenvalue weighted by Gasteiger charge is -2.26. The monoisotopic (exact) mass is 342 g/mol. The minimum Gasteiger partial charge on any atom is -0.465 e. The molecule has 25 heavy (non-hydrogen) atoms. The quantitative estimate of drug-likeness (QED) is 0.830. The van der Waals surface area contributed by atoms with Crippen LogP contribution in [0.1, 0.15) is 13.8 Å². The lowest BCUT2D eigenvalue weighted by Crippen LogP contribution is -2.28. The Balaban J connectivity index is 2.66. The van der Waals surface area contributed by atoms with Gasteiger partial charge in [-0.05, 0) is 38.1 Å². The SMILES string of the molecule is COC(=O)C1=C(C(=O)OC)N(c2ccccc2NC(C)C)C=CC=C1. The van der Waals surface area contributed by atoms with Gasteiger partial charge in [-0.3, -0.25) is 0 Å². The van der Waals surface area contributed by atoms with Crippen LogP contribution in [0.5, 0.6) is 0 Å². The number of allylic oxidation sites excluding steroid dienone is 2. The van der Waals surface area contributed by atoms with E-state index in [0.29, 0.717) is 0 Å². The summed E-state index contributed by atoms with van der Waals surface area (Å²) in [5.74, 6) is -1.24. The summed E-state index contributed by atoms with van der Waals surface area (Å²) in [4.78, 5) is 26.3. The molecule has 132 valence electrons. The van der Waals surface area contributed by atoms with Crippen LogP contribution in [0.15, 0.2) is 60.0 Å². The fraction of sp³-hybridized carbons (Fsp3) is 0.263. The van der Waals surface area contributed by atoms with Crippen LogP contribution in [0.3, 0.4) is 0 Å². The number of anilines is 2. The number of carbonyl (C=O) groups is 2. The summed E-state index contributed by atoms with van der Waals surface area (Å²) < 4.78 is 9.73. The van der Waals surface area contributed by atoms with Gasteiger partial charge in [0.2, 0.25) is 0 Å². The summed E-state index contributed by atoms with van der Waals surface area (Å²) in [6.45, 7) is 4.04. The Morgan fingerprint density at radius 1 is 1.04 bits per heavy atom. The topological polar surface area (TPSA) is 67.9 Å². The van der Waals surface area contributed by atoms with Gasteiger partial charge >= 0.3 is 11.9 Å². The molecule has 0 radical (unpaired) electrons. The van der Waals surface area contributed by atoms with Crippen molar-refractivity contribution in [3.05, 3.63) is 60.0 Å². The second-order valence-electron chi connectivity index (χ2n) is 5.63. The van der Waals surface area contributed by atoms with E-state index in [1.54, 1.807) is 23.3 Å². The van der Waals surface area contributed by atoms with Crippen LogP contribution in [0.2, 0.25) is 0 Å². The number of nitrogens with zero attached hydrogens (tertiary/aromatic N) is 1. The summed E-state index contributed by atoms with van der Waals surface area (Å²) in [7, 11) is 2.55. The molecular formula is C19H22N2O4. The number of benzene rings is 1. The first kappa shape index (κ1) is 18.3. The maximum absolute atomic E-state index is 12.4. The highest BCUT2D eigenvalue weighted by atomic mass is 16.5. The average molecular weight is 342 g/mol. The molecule has 1 aliphatic heterocycles. The van der Waals surface area contributed by atoms with Crippen LogP contribution in [-0.2, 0) is 19.1 Å². The molecule has 6 heteroatoms. The van der Waals surface area contributed by atoms with E-state index in [4.69, 9.17) is 9.47 Å². The zero-order valence-corrected chi connectivity index (χ0v) is 14.8. The van der Waals surface area contributed by atoms with E-state index in [9.17, 15) is 9.59 Å². The average Bonchev–Trinajstić information content (AvgIpc) is 2.83. The normalized spacial score (nSPS) is 13.7. The van der Waals surface area contributed by atoms with Gasteiger partial charge < -0.3 is 19.7 Å². The zero-order chi connectivity index (χ0) is 18.4. The van der Waals surface area contributed by atoms with E-state index in [-0.39, 0.29) is 17.3 Å². The molecule has 0 aliphatic carbocycles. The van der Waals surface area contributed by atoms with Crippen molar-refractivity contribution in [1.29, 1.82) is 0 Å². The first-order valence-electron chi connectivity index (χ1n) is 7.90. The minimum absolute atomic E-state index is 0.0948. The Kier molecular flexibility index (Phi) is 6.00. The molecule has 0 saturated heterocycles. The maximum Gasteiger partial charge on any atom is 0.355 e. The molecule has 0 bridgehead atoms. The van der Waals surface area contributed by atoms with Crippen molar-refractivity contribution in [2.75, 3.05) is 24.4 Å². The Morgan fingerprint density at radius 2 is 1.72 bits per heavy atom. The lowest BCUT2D eigenvalue weighted by atomic mass is 10.1. The second-order valence-corrected chi connectivity index (χ2v) is 5.63. The molecule has 0 aromatic heterocycles. The second kappa shape index (κ2) is 8.19. The molecule has 0 atom stereocenters. The summed E-state index contributed by atoms with van der Waals surface area (Å²) in [6, 6.07) is 7.73. The van der Waals surface area contributed by atoms with E-state index in [1.807, 2.05) is 38.1 Å². The van der Waals surface area contributed by atoms with Crippen molar-refractivity contribution in [1.82, 2.24) is 0 Å². The summed E-state index contributed by atoms with van der Waals surface area (Å²) >= 11 is 0. The molecule has 1 aromatic carbocycles. The number of hydrogen-bond acceptors (Lipinski definition) is 6. The fourth-order valence-electron chi connectivity index (χ4n) is 2.47. The van der Waals surface area contributed by atoms with Crippen LogP contribution in [0.4, 0.5) is 11.4 Å². The van der Waals surface area contributed by atoms with Crippen molar-refractivity contribution in [3.8, 4) is 0 Å². The van der Waals surface area contributed by atoms with E-state index < -0.39 is 11.9 Å². The molecular weight excluding hydrogens is 320 g/mol. The number of rotatable bonds is 5. The number of ether oxygens (including phenoxy) is 2. The van der Waals surface area contributed by atoms with Crippen molar-refractivity contribution in [3.63, 3.8) is 0 Å². The minimum atomic E-state index is -0.629. The lowest BCUT2D eigenvalue weighted by molar-refractivity contribution is -0.139. The molecule has 1 heterocycles. The number of carbonyl (C=O) groups excluding carboxylic acids is 2. The van der Waals surface area contributed by atoms with Gasteiger partial charge in [0.15, 0.2) is 0 Å². The van der Waals surface area contributed by atoms with Gasteiger partial charge in [-0.1, -0.05) is 18.2 Å². The molecule has 0 amide bonds. The van der Waals surface area contributed by atoms with Crippen LogP contribution >= 0.6 is 0 Å². The highest BCUT2D eigenvalue weighted by Gasteiger charge is 2.28. The predicted octanol–water partition coefficient (Wildman–Crippen LogP) is 3.00. The number of hydrogen-bond donors (Lipinski definition) is 1. The molecule has 1 aliphatic rings. The predicted molar refractivity (Wildman–Crippen MR) is 97.0 cm³/mol. The van der Waals surface area contributed by atoms with Gasteiger partial charge in [0.1, 0.15) is 5.70 Å². The third-order valence-electron chi connectivity index (χ3n) is 3.50. The molecule has 0 unspecified atom stereocenters. The van der Waals surface area contributed by atoms with Crippen molar-refractivity contribution in [2.45, 2.75) is 19.9 Å². The first-order chi connectivity index (χ1) is 12.0. The Labute approximate surface area is 147 Å². The van der Waals surface area contributed by atoms with Crippen LogP contribution in [0.25, 0.3) is 0 Å². The van der Waals surface area contributed by atoms with Crippen LogP contribution in [-0.4, -0.2) is 32.2 Å². The Bertz CT molecular complexity index is 748. The number of nitrogens with one attached hydrogen (secondary N) is 1. The number of para-hydroxylation sites is 2. The molecule has 1 N–H and O–H groups in total. The Hall–Kier alpha value is -3.02. The summed E-state index contributed by atoms with van der Waals surface area (Å²) in [5.41, 5.74) is 1.77. The molecule has 0 fully saturated rings. The highest BCUT2D eigenvalue weighted by Crippen LogP contribution is 2.32. The zero-order valence-electron chi connectivity index (χ0n) is 14.8. The largest absolute Gasteiger partial charge is 0.465 e. The van der Waals surface area contributed by atoms with Gasteiger partial charge in [-0.15, -0.1) is 0 Å². The van der Waals surface area contributed by atoms with Gasteiger partial charge in [0, 0.05) is 12.2 Å². The number of methoxy groups -OCH3 is 2. The molecule has 2 rings (SSSR count). The molecule has 6 nitrogen and oxygen atoms in total.